The summed E-state index contributed by atoms with van der Waals surface area (Å²) >= 11 is 0. The zero-order valence-corrected chi connectivity index (χ0v) is 25.8. The number of phenols is 2. The van der Waals surface area contributed by atoms with E-state index in [0.29, 0.717) is 11.8 Å². The van der Waals surface area contributed by atoms with Gasteiger partial charge in [-0.25, -0.2) is 0 Å². The highest BCUT2D eigenvalue weighted by molar-refractivity contribution is 6.21. The Kier molecular flexibility index (Phi) is 9.52. The third kappa shape index (κ3) is 6.04. The van der Waals surface area contributed by atoms with Gasteiger partial charge in [0.15, 0.2) is 0 Å². The van der Waals surface area contributed by atoms with Crippen molar-refractivity contribution in [2.45, 2.75) is 90.9 Å². The van der Waals surface area contributed by atoms with Gasteiger partial charge in [-0.3, -0.25) is 0 Å². The fourth-order valence-corrected chi connectivity index (χ4v) is 7.02. The standard InChI is InChI=1S/C40H46O2/c1-5-9-27(10-6-2)29-13-17-31(18-14-29)39-35-23-21-34(42)26-38(35)40(36-24-22-33(41)25-37(36)39)32-19-15-30(16-20-32)28(11-7-3)12-8-4/h13-28,41-42H,5-12H2,1-4H3. The predicted molar refractivity (Wildman–Crippen MR) is 181 cm³/mol. The summed E-state index contributed by atoms with van der Waals surface area (Å²) in [7, 11) is 0. The first kappa shape index (κ1) is 29.7. The highest BCUT2D eigenvalue weighted by Gasteiger charge is 2.19. The summed E-state index contributed by atoms with van der Waals surface area (Å²) in [6.07, 6.45) is 9.56. The molecule has 0 amide bonds. The van der Waals surface area contributed by atoms with Crippen molar-refractivity contribution in [2.24, 2.45) is 0 Å². The van der Waals surface area contributed by atoms with Crippen molar-refractivity contribution in [3.8, 4) is 33.8 Å². The number of aromatic hydroxyl groups is 2. The largest absolute Gasteiger partial charge is 0.508 e. The summed E-state index contributed by atoms with van der Waals surface area (Å²) in [5.74, 6) is 1.69. The van der Waals surface area contributed by atoms with Gasteiger partial charge in [0.25, 0.3) is 0 Å². The summed E-state index contributed by atoms with van der Waals surface area (Å²) in [4.78, 5) is 0. The lowest BCUT2D eigenvalue weighted by atomic mass is 9.84. The zero-order chi connectivity index (χ0) is 29.6. The van der Waals surface area contributed by atoms with Gasteiger partial charge in [0, 0.05) is 0 Å². The molecule has 0 unspecified atom stereocenters. The highest BCUT2D eigenvalue weighted by atomic mass is 16.3. The second kappa shape index (κ2) is 13.5. The molecule has 218 valence electrons. The van der Waals surface area contributed by atoms with E-state index in [9.17, 15) is 10.2 Å². The van der Waals surface area contributed by atoms with Crippen LogP contribution in [0.5, 0.6) is 11.5 Å². The summed E-state index contributed by atoms with van der Waals surface area (Å²) in [5, 5.41) is 25.5. The minimum Gasteiger partial charge on any atom is -0.508 e. The van der Waals surface area contributed by atoms with Crippen LogP contribution in [0.1, 0.15) is 102 Å². The van der Waals surface area contributed by atoms with E-state index in [1.165, 1.54) is 62.5 Å². The van der Waals surface area contributed by atoms with Crippen LogP contribution in [-0.4, -0.2) is 10.2 Å². The molecule has 0 aliphatic heterocycles. The Morgan fingerprint density at radius 2 is 0.762 bits per heavy atom. The van der Waals surface area contributed by atoms with Gasteiger partial charge in [-0.1, -0.05) is 114 Å². The summed E-state index contributed by atoms with van der Waals surface area (Å²) < 4.78 is 0. The molecule has 2 heteroatoms. The first-order valence-corrected chi connectivity index (χ1v) is 16.1. The van der Waals surface area contributed by atoms with Gasteiger partial charge in [-0.2, -0.15) is 0 Å². The van der Waals surface area contributed by atoms with E-state index in [2.05, 4.69) is 76.2 Å². The molecule has 0 spiro atoms. The SMILES string of the molecule is CCCC(CCC)c1ccc(-c2c3ccc(O)cc3c(-c3ccc(C(CCC)CCC)cc3)c3ccc(O)cc23)cc1. The van der Waals surface area contributed by atoms with E-state index in [0.717, 1.165) is 43.8 Å². The molecule has 0 bridgehead atoms. The van der Waals surface area contributed by atoms with E-state index in [-0.39, 0.29) is 11.5 Å². The number of hydrogen-bond acceptors (Lipinski definition) is 2. The van der Waals surface area contributed by atoms with Crippen LogP contribution in [0, 0.1) is 0 Å². The van der Waals surface area contributed by atoms with Crippen LogP contribution >= 0.6 is 0 Å². The van der Waals surface area contributed by atoms with Crippen molar-refractivity contribution >= 4 is 21.5 Å². The van der Waals surface area contributed by atoms with Crippen molar-refractivity contribution in [1.29, 1.82) is 0 Å². The van der Waals surface area contributed by atoms with E-state index < -0.39 is 0 Å². The molecule has 0 aromatic heterocycles. The molecular formula is C40H46O2. The van der Waals surface area contributed by atoms with Crippen molar-refractivity contribution in [1.82, 2.24) is 0 Å². The maximum Gasteiger partial charge on any atom is 0.116 e. The zero-order valence-electron chi connectivity index (χ0n) is 25.8. The minimum absolute atomic E-state index is 0.257. The Morgan fingerprint density at radius 1 is 0.429 bits per heavy atom. The van der Waals surface area contributed by atoms with Crippen LogP contribution in [-0.2, 0) is 0 Å². The molecular weight excluding hydrogens is 512 g/mol. The second-order valence-electron chi connectivity index (χ2n) is 12.0. The molecule has 0 radical (unpaired) electrons. The molecule has 5 rings (SSSR count). The molecule has 5 aromatic rings. The second-order valence-corrected chi connectivity index (χ2v) is 12.0. The number of benzene rings is 5. The lowest BCUT2D eigenvalue weighted by Gasteiger charge is -2.20. The van der Waals surface area contributed by atoms with Gasteiger partial charge < -0.3 is 10.2 Å². The Bertz CT molecular complexity index is 1490. The van der Waals surface area contributed by atoms with Crippen LogP contribution < -0.4 is 0 Å². The smallest absolute Gasteiger partial charge is 0.116 e. The Balaban J connectivity index is 1.71. The number of hydrogen-bond donors (Lipinski definition) is 2. The third-order valence-electron chi connectivity index (χ3n) is 8.97. The van der Waals surface area contributed by atoms with Gasteiger partial charge in [0.1, 0.15) is 11.5 Å². The Hall–Kier alpha value is -3.78. The minimum atomic E-state index is 0.257. The van der Waals surface area contributed by atoms with Gasteiger partial charge >= 0.3 is 0 Å². The molecule has 0 aliphatic carbocycles. The molecule has 0 fully saturated rings. The first-order chi connectivity index (χ1) is 20.5. The highest BCUT2D eigenvalue weighted by Crippen LogP contribution is 2.46. The van der Waals surface area contributed by atoms with Crippen LogP contribution in [0.3, 0.4) is 0 Å². The van der Waals surface area contributed by atoms with Crippen molar-refractivity contribution in [3.63, 3.8) is 0 Å². The molecule has 0 saturated heterocycles. The van der Waals surface area contributed by atoms with Gasteiger partial charge in [0.05, 0.1) is 0 Å². The fourth-order valence-electron chi connectivity index (χ4n) is 7.02. The summed E-state index contributed by atoms with van der Waals surface area (Å²) in [5.41, 5.74) is 7.24. The lowest BCUT2D eigenvalue weighted by molar-refractivity contribution is 0.475. The monoisotopic (exact) mass is 558 g/mol. The lowest BCUT2D eigenvalue weighted by Crippen LogP contribution is -1.99. The van der Waals surface area contributed by atoms with Crippen LogP contribution in [0.15, 0.2) is 84.9 Å². The molecule has 2 N–H and O–H groups in total. The van der Waals surface area contributed by atoms with Crippen LogP contribution in [0.4, 0.5) is 0 Å². The maximum atomic E-state index is 10.7. The topological polar surface area (TPSA) is 40.5 Å². The van der Waals surface area contributed by atoms with Crippen LogP contribution in [0.25, 0.3) is 43.8 Å². The Morgan fingerprint density at radius 3 is 1.07 bits per heavy atom. The van der Waals surface area contributed by atoms with Crippen molar-refractivity contribution < 1.29 is 10.2 Å². The normalized spacial score (nSPS) is 11.8. The van der Waals surface area contributed by atoms with E-state index in [1.807, 2.05) is 24.3 Å². The number of fused-ring (bicyclic) bond motifs is 2. The van der Waals surface area contributed by atoms with E-state index >= 15 is 0 Å². The number of rotatable bonds is 12. The van der Waals surface area contributed by atoms with Gasteiger partial charge in [0.2, 0.25) is 0 Å². The van der Waals surface area contributed by atoms with E-state index in [4.69, 9.17) is 0 Å². The molecule has 0 atom stereocenters. The third-order valence-corrected chi connectivity index (χ3v) is 8.97. The summed E-state index contributed by atoms with van der Waals surface area (Å²) in [6, 6.07) is 29.6. The molecule has 2 nitrogen and oxygen atoms in total. The Labute approximate surface area is 252 Å². The average Bonchev–Trinajstić information content (AvgIpc) is 3.00. The van der Waals surface area contributed by atoms with Crippen molar-refractivity contribution in [2.75, 3.05) is 0 Å². The molecule has 0 saturated carbocycles. The van der Waals surface area contributed by atoms with Crippen LogP contribution in [0.2, 0.25) is 0 Å². The quantitative estimate of drug-likeness (QED) is 0.150. The van der Waals surface area contributed by atoms with E-state index in [1.54, 1.807) is 12.1 Å². The van der Waals surface area contributed by atoms with Gasteiger partial charge in [-0.15, -0.1) is 0 Å². The predicted octanol–water partition coefficient (Wildman–Crippen LogP) is 12.1. The first-order valence-electron chi connectivity index (χ1n) is 16.1. The van der Waals surface area contributed by atoms with Crippen molar-refractivity contribution in [3.05, 3.63) is 96.1 Å². The van der Waals surface area contributed by atoms with Gasteiger partial charge in [-0.05, 0) is 117 Å². The summed E-state index contributed by atoms with van der Waals surface area (Å²) in [6.45, 7) is 9.06. The number of phenolic OH excluding ortho intramolecular Hbond substituents is 2. The molecule has 42 heavy (non-hydrogen) atoms. The fraction of sp³-hybridized carbons (Fsp3) is 0.350. The maximum absolute atomic E-state index is 10.7. The molecule has 0 aliphatic rings. The molecule has 0 heterocycles. The molecule has 5 aromatic carbocycles. The average molecular weight is 559 g/mol.